The van der Waals surface area contributed by atoms with Crippen LogP contribution in [0.15, 0.2) is 200 Å². The maximum Gasteiger partial charge on any atom is 0.164 e. The number of fused-ring (bicyclic) bond motifs is 9. The fourth-order valence-electron chi connectivity index (χ4n) is 8.82. The molecule has 9 aromatic carbocycles. The van der Waals surface area contributed by atoms with Gasteiger partial charge in [-0.1, -0.05) is 146 Å². The van der Waals surface area contributed by atoms with E-state index in [4.69, 9.17) is 15.0 Å². The highest BCUT2D eigenvalue weighted by molar-refractivity contribution is 6.26. The van der Waals surface area contributed by atoms with Crippen LogP contribution in [-0.4, -0.2) is 24.1 Å². The van der Waals surface area contributed by atoms with Gasteiger partial charge in [0.05, 0.1) is 22.1 Å². The minimum absolute atomic E-state index is 0.636. The fourth-order valence-corrected chi connectivity index (χ4v) is 8.82. The maximum absolute atomic E-state index is 5.12. The highest BCUT2D eigenvalue weighted by Gasteiger charge is 2.21. The van der Waals surface area contributed by atoms with Crippen LogP contribution in [-0.2, 0) is 0 Å². The molecule has 3 heterocycles. The third-order valence-corrected chi connectivity index (χ3v) is 11.5. The normalized spacial score (nSPS) is 11.8. The zero-order valence-corrected chi connectivity index (χ0v) is 31.3. The van der Waals surface area contributed by atoms with Gasteiger partial charge in [0.1, 0.15) is 0 Å². The smallest absolute Gasteiger partial charge is 0.164 e. The van der Waals surface area contributed by atoms with Crippen molar-refractivity contribution in [1.82, 2.24) is 24.1 Å². The van der Waals surface area contributed by atoms with Crippen molar-refractivity contribution >= 4 is 65.2 Å². The number of hydrogen-bond donors (Lipinski definition) is 0. The van der Waals surface area contributed by atoms with Crippen molar-refractivity contribution < 1.29 is 0 Å². The largest absolute Gasteiger partial charge is 0.309 e. The van der Waals surface area contributed by atoms with Crippen LogP contribution in [0.2, 0.25) is 0 Å². The van der Waals surface area contributed by atoms with Gasteiger partial charge in [0, 0.05) is 49.6 Å². The van der Waals surface area contributed by atoms with Crippen molar-refractivity contribution in [1.29, 1.82) is 0 Å². The van der Waals surface area contributed by atoms with Gasteiger partial charge in [-0.25, -0.2) is 15.0 Å². The molecule has 0 unspecified atom stereocenters. The first-order valence-electron chi connectivity index (χ1n) is 19.6. The fraction of sp³-hybridized carbons (Fsp3) is 0. The molecule has 0 saturated heterocycles. The predicted octanol–water partition coefficient (Wildman–Crippen LogP) is 13.4. The second kappa shape index (κ2) is 12.8. The molecular formula is C53H33N5. The molecular weight excluding hydrogens is 707 g/mol. The molecule has 0 fully saturated rings. The molecule has 0 N–H and O–H groups in total. The topological polar surface area (TPSA) is 48.5 Å². The SMILES string of the molecule is c1ccc(-c2nc(-c3ccc4ccccc4c3)nc(-c3ccc4ccc(-n5c6ccccc6c6c5ccc5c7ccccc7n(-c7ccccc7)c56)cc4c3)n2)cc1. The average molecular weight is 740 g/mol. The first kappa shape index (κ1) is 32.4. The molecule has 3 aromatic heterocycles. The van der Waals surface area contributed by atoms with E-state index < -0.39 is 0 Å². The number of nitrogens with zero attached hydrogens (tertiary/aromatic N) is 5. The Hall–Kier alpha value is -7.89. The van der Waals surface area contributed by atoms with Crippen molar-refractivity contribution in [3.05, 3.63) is 200 Å². The monoisotopic (exact) mass is 739 g/mol. The van der Waals surface area contributed by atoms with Gasteiger partial charge in [-0.15, -0.1) is 0 Å². The van der Waals surface area contributed by atoms with E-state index >= 15 is 0 Å². The number of rotatable bonds is 5. The summed E-state index contributed by atoms with van der Waals surface area (Å²) in [4.78, 5) is 15.2. The minimum Gasteiger partial charge on any atom is -0.309 e. The van der Waals surface area contributed by atoms with Gasteiger partial charge in [-0.2, -0.15) is 0 Å². The molecule has 0 aliphatic heterocycles. The molecule has 0 spiro atoms. The van der Waals surface area contributed by atoms with Crippen LogP contribution in [0.4, 0.5) is 0 Å². The number of benzene rings is 9. The zero-order chi connectivity index (χ0) is 38.2. The Morgan fingerprint density at radius 2 is 0.845 bits per heavy atom. The van der Waals surface area contributed by atoms with Crippen LogP contribution in [0, 0.1) is 0 Å². The van der Waals surface area contributed by atoms with Crippen LogP contribution >= 0.6 is 0 Å². The van der Waals surface area contributed by atoms with Gasteiger partial charge < -0.3 is 9.13 Å². The molecule has 0 radical (unpaired) electrons. The number of para-hydroxylation sites is 3. The summed E-state index contributed by atoms with van der Waals surface area (Å²) in [5, 5.41) is 9.53. The summed E-state index contributed by atoms with van der Waals surface area (Å²) in [6.07, 6.45) is 0. The summed E-state index contributed by atoms with van der Waals surface area (Å²) in [5.74, 6) is 1.93. The van der Waals surface area contributed by atoms with Crippen LogP contribution < -0.4 is 0 Å². The van der Waals surface area contributed by atoms with Crippen molar-refractivity contribution in [3.8, 4) is 45.5 Å². The van der Waals surface area contributed by atoms with Crippen LogP contribution in [0.5, 0.6) is 0 Å². The molecule has 270 valence electrons. The van der Waals surface area contributed by atoms with Crippen molar-refractivity contribution in [2.45, 2.75) is 0 Å². The van der Waals surface area contributed by atoms with E-state index in [2.05, 4.69) is 191 Å². The minimum atomic E-state index is 0.636. The first-order valence-corrected chi connectivity index (χ1v) is 19.6. The molecule has 12 rings (SSSR count). The average Bonchev–Trinajstić information content (AvgIpc) is 3.82. The van der Waals surface area contributed by atoms with E-state index in [1.54, 1.807) is 0 Å². The molecule has 58 heavy (non-hydrogen) atoms. The van der Waals surface area contributed by atoms with Gasteiger partial charge in [0.2, 0.25) is 0 Å². The summed E-state index contributed by atoms with van der Waals surface area (Å²) in [6.45, 7) is 0. The van der Waals surface area contributed by atoms with E-state index in [9.17, 15) is 0 Å². The quantitative estimate of drug-likeness (QED) is 0.177. The molecule has 5 heteroatoms. The number of aromatic nitrogens is 5. The van der Waals surface area contributed by atoms with E-state index in [0.717, 1.165) is 55.3 Å². The Morgan fingerprint density at radius 3 is 1.59 bits per heavy atom. The lowest BCUT2D eigenvalue weighted by Crippen LogP contribution is -2.00. The standard InChI is InChI=1S/C53H33N5/c1-3-14-36(15-4-1)51-54-52(38-25-23-34-13-7-8-16-37(34)31-38)56-53(55-51)39-26-24-35-27-28-42(33-40(35)32-39)57-47-22-12-10-20-45(47)49-48(57)30-29-44-43-19-9-11-21-46(43)58(50(44)49)41-17-5-2-6-18-41/h1-33H. The van der Waals surface area contributed by atoms with Crippen LogP contribution in [0.3, 0.4) is 0 Å². The summed E-state index contributed by atoms with van der Waals surface area (Å²) in [5.41, 5.74) is 9.81. The molecule has 0 amide bonds. The Labute approximate surface area is 333 Å². The predicted molar refractivity (Wildman–Crippen MR) is 240 cm³/mol. The molecule has 0 atom stereocenters. The second-order valence-corrected chi connectivity index (χ2v) is 14.9. The molecule has 0 saturated carbocycles. The first-order chi connectivity index (χ1) is 28.7. The molecule has 5 nitrogen and oxygen atoms in total. The Balaban J connectivity index is 1.06. The Morgan fingerprint density at radius 1 is 0.293 bits per heavy atom. The third kappa shape index (κ3) is 5.07. The van der Waals surface area contributed by atoms with Crippen molar-refractivity contribution in [2.75, 3.05) is 0 Å². The van der Waals surface area contributed by atoms with E-state index in [-0.39, 0.29) is 0 Å². The summed E-state index contributed by atoms with van der Waals surface area (Å²) < 4.78 is 4.85. The highest BCUT2D eigenvalue weighted by Crippen LogP contribution is 2.42. The van der Waals surface area contributed by atoms with Gasteiger partial charge in [0.15, 0.2) is 17.5 Å². The Bertz CT molecular complexity index is 3560. The summed E-state index contributed by atoms with van der Waals surface area (Å²) in [7, 11) is 0. The molecule has 0 aliphatic carbocycles. The number of hydrogen-bond acceptors (Lipinski definition) is 3. The van der Waals surface area contributed by atoms with E-state index in [1.807, 2.05) is 18.2 Å². The second-order valence-electron chi connectivity index (χ2n) is 14.9. The van der Waals surface area contributed by atoms with E-state index in [1.165, 1.54) is 38.0 Å². The zero-order valence-electron chi connectivity index (χ0n) is 31.3. The van der Waals surface area contributed by atoms with E-state index in [0.29, 0.717) is 17.5 Å². The van der Waals surface area contributed by atoms with Crippen molar-refractivity contribution in [2.24, 2.45) is 0 Å². The molecule has 0 bridgehead atoms. The lowest BCUT2D eigenvalue weighted by molar-refractivity contribution is 1.07. The lowest BCUT2D eigenvalue weighted by Gasteiger charge is -2.12. The van der Waals surface area contributed by atoms with Crippen LogP contribution in [0.1, 0.15) is 0 Å². The van der Waals surface area contributed by atoms with Gasteiger partial charge in [0.25, 0.3) is 0 Å². The summed E-state index contributed by atoms with van der Waals surface area (Å²) in [6, 6.07) is 71.0. The van der Waals surface area contributed by atoms with Crippen molar-refractivity contribution in [3.63, 3.8) is 0 Å². The summed E-state index contributed by atoms with van der Waals surface area (Å²) >= 11 is 0. The molecule has 12 aromatic rings. The lowest BCUT2D eigenvalue weighted by atomic mass is 10.0. The molecule has 0 aliphatic rings. The third-order valence-electron chi connectivity index (χ3n) is 11.5. The maximum atomic E-state index is 5.12. The van der Waals surface area contributed by atoms with Gasteiger partial charge in [-0.05, 0) is 76.1 Å². The van der Waals surface area contributed by atoms with Gasteiger partial charge >= 0.3 is 0 Å². The highest BCUT2D eigenvalue weighted by atomic mass is 15.0. The van der Waals surface area contributed by atoms with Gasteiger partial charge in [-0.3, -0.25) is 0 Å². The Kier molecular flexibility index (Phi) is 7.16. The van der Waals surface area contributed by atoms with Crippen LogP contribution in [0.25, 0.3) is 111 Å².